The molecule has 2 aromatic rings. The Balaban J connectivity index is 1.71. The van der Waals surface area contributed by atoms with E-state index in [9.17, 15) is 10.1 Å². The molecule has 0 bridgehead atoms. The number of carbonyl (C=O) groups excluding carboxylic acids is 1. The topological polar surface area (TPSA) is 56.1 Å². The Labute approximate surface area is 155 Å². The van der Waals surface area contributed by atoms with Gasteiger partial charge in [0, 0.05) is 11.6 Å². The molecule has 3 rings (SSSR count). The third-order valence-electron chi connectivity index (χ3n) is 5.19. The van der Waals surface area contributed by atoms with Crippen LogP contribution in [0.1, 0.15) is 47.3 Å². The molecule has 0 aromatic heterocycles. The van der Waals surface area contributed by atoms with Gasteiger partial charge in [-0.2, -0.15) is 5.26 Å². The molecule has 0 spiro atoms. The fraction of sp³-hybridized carbons (Fsp3) is 0.364. The van der Waals surface area contributed by atoms with Crippen molar-refractivity contribution >= 4 is 5.91 Å². The van der Waals surface area contributed by atoms with Gasteiger partial charge in [-0.3, -0.25) is 4.79 Å². The minimum absolute atomic E-state index is 0.0477. The van der Waals surface area contributed by atoms with E-state index in [1.54, 1.807) is 0 Å². The number of nitrogens with zero attached hydrogens (tertiary/aromatic N) is 2. The molecule has 1 amide bonds. The van der Waals surface area contributed by atoms with Gasteiger partial charge in [0.15, 0.2) is 0 Å². The van der Waals surface area contributed by atoms with Gasteiger partial charge in [0.05, 0.1) is 17.5 Å². The molecule has 1 aliphatic rings. The first-order chi connectivity index (χ1) is 12.5. The van der Waals surface area contributed by atoms with Crippen LogP contribution < -0.4 is 5.32 Å². The van der Waals surface area contributed by atoms with Crippen LogP contribution in [0.15, 0.2) is 54.6 Å². The van der Waals surface area contributed by atoms with E-state index in [0.717, 1.165) is 18.4 Å². The predicted octanol–water partition coefficient (Wildman–Crippen LogP) is 3.66. The van der Waals surface area contributed by atoms with E-state index in [1.807, 2.05) is 63.5 Å². The molecular weight excluding hydrogens is 322 g/mol. The van der Waals surface area contributed by atoms with Crippen molar-refractivity contribution in [3.05, 3.63) is 71.3 Å². The number of nitrogens with one attached hydrogen (secondary N) is 1. The zero-order chi connectivity index (χ0) is 18.7. The Hall–Kier alpha value is -2.64. The van der Waals surface area contributed by atoms with Gasteiger partial charge in [-0.05, 0) is 57.1 Å². The van der Waals surface area contributed by atoms with Crippen LogP contribution in [0.4, 0.5) is 0 Å². The number of nitriles is 1. The van der Waals surface area contributed by atoms with Gasteiger partial charge in [-0.25, -0.2) is 0 Å². The van der Waals surface area contributed by atoms with Gasteiger partial charge in [0.2, 0.25) is 0 Å². The van der Waals surface area contributed by atoms with Crippen LogP contribution in [0.5, 0.6) is 0 Å². The maximum absolute atomic E-state index is 12.7. The number of carbonyl (C=O) groups is 1. The maximum Gasteiger partial charge on any atom is 0.251 e. The van der Waals surface area contributed by atoms with Gasteiger partial charge >= 0.3 is 0 Å². The lowest BCUT2D eigenvalue weighted by Crippen LogP contribution is -2.42. The van der Waals surface area contributed by atoms with Crippen LogP contribution in [0, 0.1) is 11.3 Å². The summed E-state index contributed by atoms with van der Waals surface area (Å²) in [4.78, 5) is 14.8. The second-order valence-corrected chi connectivity index (χ2v) is 7.35. The first-order valence-electron chi connectivity index (χ1n) is 9.01. The monoisotopic (exact) mass is 347 g/mol. The van der Waals surface area contributed by atoms with Gasteiger partial charge in [0.1, 0.15) is 0 Å². The fourth-order valence-electron chi connectivity index (χ4n) is 3.58. The molecule has 134 valence electrons. The van der Waals surface area contributed by atoms with Crippen molar-refractivity contribution in [3.63, 3.8) is 0 Å². The van der Waals surface area contributed by atoms with E-state index < -0.39 is 0 Å². The molecule has 4 heteroatoms. The van der Waals surface area contributed by atoms with E-state index >= 15 is 0 Å². The lowest BCUT2D eigenvalue weighted by atomic mass is 9.96. The average molecular weight is 347 g/mol. The number of hydrogen-bond acceptors (Lipinski definition) is 3. The number of rotatable bonds is 6. The molecule has 1 fully saturated rings. The van der Waals surface area contributed by atoms with E-state index in [4.69, 9.17) is 0 Å². The largest absolute Gasteiger partial charge is 0.348 e. The first-order valence-corrected chi connectivity index (χ1v) is 9.01. The molecule has 0 radical (unpaired) electrons. The van der Waals surface area contributed by atoms with Gasteiger partial charge in [0.25, 0.3) is 5.91 Å². The molecule has 0 aliphatic heterocycles. The number of likely N-dealkylation sites (N-methyl/N-ethyl adjacent to an activating group) is 1. The van der Waals surface area contributed by atoms with Gasteiger partial charge in [-0.15, -0.1) is 0 Å². The van der Waals surface area contributed by atoms with Crippen LogP contribution in [-0.4, -0.2) is 30.9 Å². The minimum atomic E-state index is -0.314. The summed E-state index contributed by atoms with van der Waals surface area (Å²) in [7, 11) is 4.04. The summed E-state index contributed by atoms with van der Waals surface area (Å²) in [5.41, 5.74) is 2.50. The minimum Gasteiger partial charge on any atom is -0.348 e. The number of hydrogen-bond donors (Lipinski definition) is 1. The van der Waals surface area contributed by atoms with Gasteiger partial charge < -0.3 is 10.2 Å². The van der Waals surface area contributed by atoms with Gasteiger partial charge in [-0.1, -0.05) is 42.5 Å². The molecule has 2 aromatic carbocycles. The molecular formula is C22H25N3O. The predicted molar refractivity (Wildman–Crippen MR) is 103 cm³/mol. The zero-order valence-electron chi connectivity index (χ0n) is 15.6. The third-order valence-corrected chi connectivity index (χ3v) is 5.19. The molecule has 0 heterocycles. The summed E-state index contributed by atoms with van der Waals surface area (Å²) in [5, 5.41) is 12.4. The standard InChI is InChI=1S/C22H25N3O/c1-16(20(25(2)3)17-7-5-4-6-8-17)24-21(26)18-9-11-19(12-10-18)22(15-23)13-14-22/h4-12,16,20H,13-14H2,1-3H3,(H,24,26)/t16-,20-/m0/s1. The highest BCUT2D eigenvalue weighted by Crippen LogP contribution is 2.47. The Bertz CT molecular complexity index is 802. The van der Waals surface area contributed by atoms with E-state index in [-0.39, 0.29) is 23.4 Å². The first kappa shape index (κ1) is 18.2. The van der Waals surface area contributed by atoms with E-state index in [0.29, 0.717) is 5.56 Å². The normalized spacial score (nSPS) is 17.2. The number of benzene rings is 2. The highest BCUT2D eigenvalue weighted by atomic mass is 16.1. The number of amides is 1. The van der Waals surface area contributed by atoms with Crippen molar-refractivity contribution in [2.45, 2.75) is 37.3 Å². The van der Waals surface area contributed by atoms with Crippen molar-refractivity contribution in [2.24, 2.45) is 0 Å². The van der Waals surface area contributed by atoms with Crippen molar-refractivity contribution < 1.29 is 4.79 Å². The van der Waals surface area contributed by atoms with E-state index in [1.165, 1.54) is 5.56 Å². The van der Waals surface area contributed by atoms with Crippen molar-refractivity contribution in [1.82, 2.24) is 10.2 Å². The summed E-state index contributed by atoms with van der Waals surface area (Å²) in [6.07, 6.45) is 1.82. The summed E-state index contributed by atoms with van der Waals surface area (Å²) < 4.78 is 0. The molecule has 26 heavy (non-hydrogen) atoms. The second kappa shape index (κ2) is 7.31. The second-order valence-electron chi connectivity index (χ2n) is 7.35. The Kier molecular flexibility index (Phi) is 5.11. The highest BCUT2D eigenvalue weighted by Gasteiger charge is 2.44. The quantitative estimate of drug-likeness (QED) is 0.867. The third kappa shape index (κ3) is 3.63. The lowest BCUT2D eigenvalue weighted by Gasteiger charge is -2.31. The fourth-order valence-corrected chi connectivity index (χ4v) is 3.58. The van der Waals surface area contributed by atoms with Crippen LogP contribution >= 0.6 is 0 Å². The summed E-state index contributed by atoms with van der Waals surface area (Å²) in [5.74, 6) is -0.0892. The molecule has 1 aliphatic carbocycles. The lowest BCUT2D eigenvalue weighted by molar-refractivity contribution is 0.0915. The molecule has 1 saturated carbocycles. The van der Waals surface area contributed by atoms with Crippen molar-refractivity contribution in [1.29, 1.82) is 5.26 Å². The van der Waals surface area contributed by atoms with Crippen LogP contribution in [0.2, 0.25) is 0 Å². The van der Waals surface area contributed by atoms with E-state index in [2.05, 4.69) is 28.4 Å². The molecule has 1 N–H and O–H groups in total. The average Bonchev–Trinajstić information content (AvgIpc) is 3.44. The Morgan fingerprint density at radius 1 is 1.12 bits per heavy atom. The molecule has 0 unspecified atom stereocenters. The van der Waals surface area contributed by atoms with Crippen molar-refractivity contribution in [3.8, 4) is 6.07 Å². The summed E-state index contributed by atoms with van der Waals surface area (Å²) in [6.45, 7) is 2.03. The van der Waals surface area contributed by atoms with Crippen molar-refractivity contribution in [2.75, 3.05) is 14.1 Å². The molecule has 4 nitrogen and oxygen atoms in total. The maximum atomic E-state index is 12.7. The summed E-state index contributed by atoms with van der Waals surface area (Å²) in [6, 6.07) is 20.1. The SMILES string of the molecule is C[C@H](NC(=O)c1ccc(C2(C#N)CC2)cc1)[C@@H](c1ccccc1)N(C)C. The van der Waals surface area contributed by atoms with Crippen LogP contribution in [-0.2, 0) is 5.41 Å². The zero-order valence-corrected chi connectivity index (χ0v) is 15.6. The van der Waals surface area contributed by atoms with Crippen LogP contribution in [0.25, 0.3) is 0 Å². The smallest absolute Gasteiger partial charge is 0.251 e. The summed E-state index contributed by atoms with van der Waals surface area (Å²) >= 11 is 0. The highest BCUT2D eigenvalue weighted by molar-refractivity contribution is 5.94. The van der Waals surface area contributed by atoms with Crippen LogP contribution in [0.3, 0.4) is 0 Å². The molecule has 0 saturated heterocycles. The Morgan fingerprint density at radius 2 is 1.73 bits per heavy atom. The molecule has 2 atom stereocenters. The Morgan fingerprint density at radius 3 is 2.23 bits per heavy atom.